The van der Waals surface area contributed by atoms with Gasteiger partial charge in [0.2, 0.25) is 0 Å². The molecule has 54 valence electrons. The monoisotopic (exact) mass is 137 g/mol. The Bertz CT molecular complexity index is 209. The fraction of sp³-hybridized carbons (Fsp3) is 0.375. The predicted octanol–water partition coefficient (Wildman–Crippen LogP) is 1.53. The van der Waals surface area contributed by atoms with E-state index in [0.717, 1.165) is 11.3 Å². The second kappa shape index (κ2) is 3.14. The second-order valence-corrected chi connectivity index (χ2v) is 2.02. The van der Waals surface area contributed by atoms with Crippen molar-refractivity contribution in [2.24, 2.45) is 0 Å². The van der Waals surface area contributed by atoms with Crippen molar-refractivity contribution < 1.29 is 4.74 Å². The number of allylic oxidation sites excluding steroid dienone is 1. The highest BCUT2D eigenvalue weighted by molar-refractivity contribution is 5.25. The van der Waals surface area contributed by atoms with Gasteiger partial charge in [-0.3, -0.25) is 0 Å². The van der Waals surface area contributed by atoms with Crippen molar-refractivity contribution in [1.29, 1.82) is 0 Å². The zero-order valence-corrected chi connectivity index (χ0v) is 6.27. The van der Waals surface area contributed by atoms with Crippen LogP contribution < -0.4 is 5.32 Å². The molecule has 0 aliphatic carbocycles. The molecule has 0 atom stereocenters. The van der Waals surface area contributed by atoms with Gasteiger partial charge in [-0.1, -0.05) is 5.73 Å². The summed E-state index contributed by atoms with van der Waals surface area (Å²) in [4.78, 5) is 0. The van der Waals surface area contributed by atoms with Crippen molar-refractivity contribution in [2.45, 2.75) is 13.8 Å². The van der Waals surface area contributed by atoms with Crippen LogP contribution in [0.2, 0.25) is 0 Å². The van der Waals surface area contributed by atoms with Crippen LogP contribution in [0.4, 0.5) is 0 Å². The normalized spacial score (nSPS) is 15.4. The Hall–Kier alpha value is -1.14. The minimum Gasteiger partial charge on any atom is -0.491 e. The number of rotatable bonds is 2. The maximum Gasteiger partial charge on any atom is 0.145 e. The number of ether oxygens (including phenoxy) is 1. The molecule has 0 fully saturated rings. The predicted molar refractivity (Wildman–Crippen MR) is 40.1 cm³/mol. The molecule has 0 radical (unpaired) electrons. The molecule has 0 aromatic carbocycles. The van der Waals surface area contributed by atoms with Crippen LogP contribution >= 0.6 is 0 Å². The minimum atomic E-state index is 0.701. The van der Waals surface area contributed by atoms with Gasteiger partial charge >= 0.3 is 0 Å². The van der Waals surface area contributed by atoms with Crippen LogP contribution in [0.15, 0.2) is 29.5 Å². The van der Waals surface area contributed by atoms with E-state index in [0.29, 0.717) is 6.61 Å². The van der Waals surface area contributed by atoms with Gasteiger partial charge in [0, 0.05) is 18.0 Å². The molecule has 1 rings (SSSR count). The van der Waals surface area contributed by atoms with Crippen molar-refractivity contribution >= 4 is 0 Å². The van der Waals surface area contributed by atoms with Gasteiger partial charge in [-0.25, -0.2) is 0 Å². The Morgan fingerprint density at radius 1 is 1.70 bits per heavy atom. The molecule has 0 aromatic rings. The van der Waals surface area contributed by atoms with Gasteiger partial charge in [0.15, 0.2) is 0 Å². The molecule has 1 N–H and O–H groups in total. The largest absolute Gasteiger partial charge is 0.491 e. The molecule has 0 amide bonds. The smallest absolute Gasteiger partial charge is 0.145 e. The lowest BCUT2D eigenvalue weighted by molar-refractivity contribution is 0.235. The highest BCUT2D eigenvalue weighted by atomic mass is 16.5. The van der Waals surface area contributed by atoms with Crippen molar-refractivity contribution in [3.63, 3.8) is 0 Å². The first-order valence-corrected chi connectivity index (χ1v) is 3.35. The van der Waals surface area contributed by atoms with Gasteiger partial charge in [-0.2, -0.15) is 0 Å². The first kappa shape index (κ1) is 6.97. The molecule has 10 heavy (non-hydrogen) atoms. The van der Waals surface area contributed by atoms with Gasteiger partial charge in [0.25, 0.3) is 0 Å². The third-order valence-corrected chi connectivity index (χ3v) is 1.26. The van der Waals surface area contributed by atoms with Crippen molar-refractivity contribution in [3.05, 3.63) is 29.5 Å². The zero-order valence-electron chi connectivity index (χ0n) is 6.27. The van der Waals surface area contributed by atoms with Gasteiger partial charge in [0.1, 0.15) is 5.76 Å². The third kappa shape index (κ3) is 1.42. The van der Waals surface area contributed by atoms with Gasteiger partial charge in [0.05, 0.1) is 6.61 Å². The minimum absolute atomic E-state index is 0.701. The van der Waals surface area contributed by atoms with Gasteiger partial charge < -0.3 is 10.1 Å². The maximum absolute atomic E-state index is 5.27. The number of hydrogen-bond acceptors (Lipinski definition) is 2. The fourth-order valence-corrected chi connectivity index (χ4v) is 0.752. The van der Waals surface area contributed by atoms with E-state index < -0.39 is 0 Å². The Balaban J connectivity index is 2.69. The zero-order chi connectivity index (χ0) is 7.40. The van der Waals surface area contributed by atoms with E-state index in [2.05, 4.69) is 11.0 Å². The first-order valence-electron chi connectivity index (χ1n) is 3.35. The Morgan fingerprint density at radius 3 is 3.10 bits per heavy atom. The molecule has 2 nitrogen and oxygen atoms in total. The van der Waals surface area contributed by atoms with Crippen LogP contribution in [0.3, 0.4) is 0 Å². The molecule has 1 aliphatic rings. The summed E-state index contributed by atoms with van der Waals surface area (Å²) in [5, 5.41) is 2.91. The average Bonchev–Trinajstić information content (AvgIpc) is 1.94. The summed E-state index contributed by atoms with van der Waals surface area (Å²) in [6, 6.07) is 0. The molecule has 0 aromatic heterocycles. The molecular weight excluding hydrogens is 126 g/mol. The van der Waals surface area contributed by atoms with E-state index in [1.165, 1.54) is 0 Å². The highest BCUT2D eigenvalue weighted by Gasteiger charge is 2.00. The van der Waals surface area contributed by atoms with Crippen molar-refractivity contribution in [3.8, 4) is 0 Å². The van der Waals surface area contributed by atoms with E-state index in [1.807, 2.05) is 20.0 Å². The van der Waals surface area contributed by atoms with E-state index in [4.69, 9.17) is 4.74 Å². The lowest BCUT2D eigenvalue weighted by Gasteiger charge is -2.09. The lowest BCUT2D eigenvalue weighted by Crippen LogP contribution is -2.03. The van der Waals surface area contributed by atoms with E-state index in [-0.39, 0.29) is 0 Å². The second-order valence-electron chi connectivity index (χ2n) is 2.02. The Labute approximate surface area is 60.9 Å². The van der Waals surface area contributed by atoms with Crippen LogP contribution in [0, 0.1) is 0 Å². The van der Waals surface area contributed by atoms with Crippen LogP contribution in [-0.4, -0.2) is 6.61 Å². The van der Waals surface area contributed by atoms with Crippen molar-refractivity contribution in [1.82, 2.24) is 5.32 Å². The van der Waals surface area contributed by atoms with Gasteiger partial charge in [-0.05, 0) is 13.8 Å². The van der Waals surface area contributed by atoms with E-state index in [9.17, 15) is 0 Å². The van der Waals surface area contributed by atoms with Crippen LogP contribution in [-0.2, 0) is 4.74 Å². The quantitative estimate of drug-likeness (QED) is 0.583. The summed E-state index contributed by atoms with van der Waals surface area (Å²) in [5.74, 6) is 0.880. The highest BCUT2D eigenvalue weighted by Crippen LogP contribution is 2.09. The molecule has 0 bridgehead atoms. The van der Waals surface area contributed by atoms with Gasteiger partial charge in [-0.15, -0.1) is 0 Å². The average molecular weight is 137 g/mol. The summed E-state index contributed by atoms with van der Waals surface area (Å²) in [6.45, 7) is 4.64. The van der Waals surface area contributed by atoms with Crippen molar-refractivity contribution in [2.75, 3.05) is 6.61 Å². The summed E-state index contributed by atoms with van der Waals surface area (Å²) in [7, 11) is 0. The Kier molecular flexibility index (Phi) is 2.19. The standard InChI is InChI=1S/C8H11NO/c1-3-10-8-6-9-5-4-7(8)2/h5-6,9H,3H2,1-2H3. The molecule has 0 spiro atoms. The number of nitrogens with one attached hydrogen (secondary N) is 1. The SMILES string of the molecule is CCOC1=CNC=C=C1C. The summed E-state index contributed by atoms with van der Waals surface area (Å²) in [6.07, 6.45) is 3.59. The van der Waals surface area contributed by atoms with Crippen LogP contribution in [0.5, 0.6) is 0 Å². The first-order chi connectivity index (χ1) is 4.84. The molecule has 1 heterocycles. The Morgan fingerprint density at radius 2 is 2.50 bits per heavy atom. The number of hydrogen-bond donors (Lipinski definition) is 1. The molecule has 2 heteroatoms. The molecule has 0 saturated carbocycles. The maximum atomic E-state index is 5.27. The molecule has 1 aliphatic heterocycles. The fourth-order valence-electron chi connectivity index (χ4n) is 0.752. The lowest BCUT2D eigenvalue weighted by atomic mass is 10.2. The van der Waals surface area contributed by atoms with E-state index >= 15 is 0 Å². The summed E-state index contributed by atoms with van der Waals surface area (Å²) in [5.41, 5.74) is 4.05. The summed E-state index contributed by atoms with van der Waals surface area (Å²) >= 11 is 0. The topological polar surface area (TPSA) is 21.3 Å². The third-order valence-electron chi connectivity index (χ3n) is 1.26. The van der Waals surface area contributed by atoms with Crippen LogP contribution in [0.1, 0.15) is 13.8 Å². The van der Waals surface area contributed by atoms with Crippen LogP contribution in [0.25, 0.3) is 0 Å². The summed E-state index contributed by atoms with van der Waals surface area (Å²) < 4.78 is 5.27. The molecule has 0 unspecified atom stereocenters. The van der Waals surface area contributed by atoms with E-state index in [1.54, 1.807) is 6.20 Å². The molecule has 0 saturated heterocycles. The molecular formula is C8H11NO.